The van der Waals surface area contributed by atoms with Crippen molar-refractivity contribution in [2.24, 2.45) is 0 Å². The Bertz CT molecular complexity index is 333. The van der Waals surface area contributed by atoms with Crippen LogP contribution in [0.2, 0.25) is 0 Å². The highest BCUT2D eigenvalue weighted by Crippen LogP contribution is 2.17. The third kappa shape index (κ3) is 4.31. The molecule has 1 aromatic rings. The minimum absolute atomic E-state index is 0.268. The van der Waals surface area contributed by atoms with Crippen LogP contribution in [0.1, 0.15) is 19.4 Å². The summed E-state index contributed by atoms with van der Waals surface area (Å²) in [4.78, 5) is 4.73. The molecule has 1 N–H and O–H groups in total. The smallest absolute Gasteiger partial charge is 0.0558 e. The number of nitrogens with zero attached hydrogens (tertiary/aromatic N) is 2. The van der Waals surface area contributed by atoms with E-state index < -0.39 is 0 Å². The Kier molecular flexibility index (Phi) is 6.76. The van der Waals surface area contributed by atoms with Gasteiger partial charge < -0.3 is 10.0 Å². The molecule has 1 heterocycles. The third-order valence-corrected chi connectivity index (χ3v) is 3.16. The number of hydrogen-bond donors (Lipinski definition) is 1. The lowest BCUT2D eigenvalue weighted by Gasteiger charge is -2.35. The summed E-state index contributed by atoms with van der Waals surface area (Å²) in [7, 11) is 0. The van der Waals surface area contributed by atoms with Gasteiger partial charge in [-0.05, 0) is 24.6 Å². The second-order valence-electron chi connectivity index (χ2n) is 4.39. The van der Waals surface area contributed by atoms with Crippen LogP contribution in [0.3, 0.4) is 0 Å². The number of benzene rings is 1. The molecule has 102 valence electrons. The molecule has 1 fully saturated rings. The van der Waals surface area contributed by atoms with Crippen molar-refractivity contribution in [3.8, 4) is 0 Å². The minimum atomic E-state index is 0.268. The van der Waals surface area contributed by atoms with Gasteiger partial charge >= 0.3 is 0 Å². The largest absolute Gasteiger partial charge is 0.395 e. The number of anilines is 1. The molecule has 18 heavy (non-hydrogen) atoms. The fourth-order valence-electron chi connectivity index (χ4n) is 2.20. The van der Waals surface area contributed by atoms with Crippen molar-refractivity contribution in [2.45, 2.75) is 20.8 Å². The van der Waals surface area contributed by atoms with Gasteiger partial charge in [0.1, 0.15) is 0 Å². The van der Waals surface area contributed by atoms with E-state index >= 15 is 0 Å². The summed E-state index contributed by atoms with van der Waals surface area (Å²) in [6.07, 6.45) is 0. The van der Waals surface area contributed by atoms with Crippen molar-refractivity contribution in [1.29, 1.82) is 0 Å². The summed E-state index contributed by atoms with van der Waals surface area (Å²) < 4.78 is 0. The van der Waals surface area contributed by atoms with Crippen LogP contribution in [0, 0.1) is 6.92 Å². The van der Waals surface area contributed by atoms with Gasteiger partial charge in [0, 0.05) is 38.4 Å². The molecule has 1 saturated heterocycles. The molecule has 1 aromatic carbocycles. The van der Waals surface area contributed by atoms with E-state index in [0.717, 1.165) is 32.7 Å². The fraction of sp³-hybridized carbons (Fsp3) is 0.600. The molecule has 3 heteroatoms. The first-order chi connectivity index (χ1) is 8.79. The van der Waals surface area contributed by atoms with Crippen molar-refractivity contribution in [3.63, 3.8) is 0 Å². The first-order valence-corrected chi connectivity index (χ1v) is 6.94. The van der Waals surface area contributed by atoms with Crippen LogP contribution in [-0.4, -0.2) is 49.3 Å². The van der Waals surface area contributed by atoms with Crippen molar-refractivity contribution in [1.82, 2.24) is 4.90 Å². The molecular weight excluding hydrogens is 224 g/mol. The molecular formula is C15H26N2O. The van der Waals surface area contributed by atoms with Gasteiger partial charge in [-0.25, -0.2) is 0 Å². The minimum Gasteiger partial charge on any atom is -0.395 e. The van der Waals surface area contributed by atoms with Gasteiger partial charge in [-0.1, -0.05) is 26.0 Å². The maximum absolute atomic E-state index is 8.88. The van der Waals surface area contributed by atoms with Gasteiger partial charge in [0.15, 0.2) is 0 Å². The van der Waals surface area contributed by atoms with E-state index in [-0.39, 0.29) is 6.61 Å². The predicted molar refractivity (Wildman–Crippen MR) is 78.3 cm³/mol. The lowest BCUT2D eigenvalue weighted by atomic mass is 10.2. The number of aliphatic hydroxyl groups is 1. The maximum atomic E-state index is 8.88. The first-order valence-electron chi connectivity index (χ1n) is 6.94. The van der Waals surface area contributed by atoms with Crippen LogP contribution in [0.5, 0.6) is 0 Å². The van der Waals surface area contributed by atoms with Gasteiger partial charge in [0.05, 0.1) is 6.61 Å². The second-order valence-corrected chi connectivity index (χ2v) is 4.39. The van der Waals surface area contributed by atoms with Crippen LogP contribution >= 0.6 is 0 Å². The van der Waals surface area contributed by atoms with Crippen molar-refractivity contribution in [2.75, 3.05) is 44.2 Å². The number of aliphatic hydroxyl groups excluding tert-OH is 1. The summed E-state index contributed by atoms with van der Waals surface area (Å²) in [6, 6.07) is 8.66. The zero-order chi connectivity index (χ0) is 13.4. The van der Waals surface area contributed by atoms with Crippen molar-refractivity contribution in [3.05, 3.63) is 29.8 Å². The molecule has 1 aliphatic heterocycles. The molecule has 3 nitrogen and oxygen atoms in total. The summed E-state index contributed by atoms with van der Waals surface area (Å²) in [5.74, 6) is 0. The fourth-order valence-corrected chi connectivity index (χ4v) is 2.20. The van der Waals surface area contributed by atoms with Crippen LogP contribution in [0.25, 0.3) is 0 Å². The number of rotatable bonds is 3. The Labute approximate surface area is 111 Å². The monoisotopic (exact) mass is 250 g/mol. The Morgan fingerprint density at radius 1 is 1.11 bits per heavy atom. The molecule has 0 aliphatic carbocycles. The van der Waals surface area contributed by atoms with Crippen molar-refractivity contribution >= 4 is 5.69 Å². The average Bonchev–Trinajstić information content (AvgIpc) is 2.42. The highest BCUT2D eigenvalue weighted by atomic mass is 16.3. The summed E-state index contributed by atoms with van der Waals surface area (Å²) in [5.41, 5.74) is 2.64. The molecule has 0 aromatic heterocycles. The Morgan fingerprint density at radius 2 is 1.78 bits per heavy atom. The Balaban J connectivity index is 0.000000771. The maximum Gasteiger partial charge on any atom is 0.0558 e. The van der Waals surface area contributed by atoms with Crippen LogP contribution in [0.15, 0.2) is 24.3 Å². The van der Waals surface area contributed by atoms with Gasteiger partial charge in [0.2, 0.25) is 0 Å². The summed E-state index contributed by atoms with van der Waals surface area (Å²) >= 11 is 0. The predicted octanol–water partition coefficient (Wildman–Crippen LogP) is 2.14. The van der Waals surface area contributed by atoms with E-state index in [0.29, 0.717) is 0 Å². The van der Waals surface area contributed by atoms with E-state index in [2.05, 4.69) is 41.0 Å². The zero-order valence-corrected chi connectivity index (χ0v) is 11.9. The molecule has 0 spiro atoms. The van der Waals surface area contributed by atoms with E-state index in [9.17, 15) is 0 Å². The SMILES string of the molecule is CC.Cc1cccc(N2CCN(CCO)CC2)c1. The van der Waals surface area contributed by atoms with E-state index in [4.69, 9.17) is 5.11 Å². The molecule has 0 bridgehead atoms. The summed E-state index contributed by atoms with van der Waals surface area (Å²) in [5, 5.41) is 8.88. The van der Waals surface area contributed by atoms with E-state index in [1.165, 1.54) is 11.3 Å². The van der Waals surface area contributed by atoms with Crippen molar-refractivity contribution < 1.29 is 5.11 Å². The van der Waals surface area contributed by atoms with Gasteiger partial charge in [0.25, 0.3) is 0 Å². The summed E-state index contributed by atoms with van der Waals surface area (Å²) in [6.45, 7) is 11.4. The highest BCUT2D eigenvalue weighted by Gasteiger charge is 2.16. The number of piperazine rings is 1. The highest BCUT2D eigenvalue weighted by molar-refractivity contribution is 5.48. The topological polar surface area (TPSA) is 26.7 Å². The van der Waals surface area contributed by atoms with Crippen LogP contribution in [-0.2, 0) is 0 Å². The Morgan fingerprint density at radius 3 is 2.33 bits per heavy atom. The molecule has 0 atom stereocenters. The van der Waals surface area contributed by atoms with Crippen LogP contribution < -0.4 is 4.90 Å². The zero-order valence-electron chi connectivity index (χ0n) is 11.9. The number of β-amino-alcohol motifs (C(OH)–C–C–N with tert-alkyl or cyclic N) is 1. The lowest BCUT2D eigenvalue weighted by molar-refractivity contribution is 0.189. The molecule has 1 aliphatic rings. The van der Waals surface area contributed by atoms with Gasteiger partial charge in [-0.15, -0.1) is 0 Å². The standard InChI is InChI=1S/C13H20N2O.C2H6/c1-12-3-2-4-13(11-12)15-7-5-14(6-8-15)9-10-16;1-2/h2-4,11,16H,5-10H2,1H3;1-2H3. The van der Waals surface area contributed by atoms with E-state index in [1.54, 1.807) is 0 Å². The molecule has 0 unspecified atom stereocenters. The molecule has 0 radical (unpaired) electrons. The molecule has 2 rings (SSSR count). The normalized spacial score (nSPS) is 16.1. The first kappa shape index (κ1) is 15.0. The number of hydrogen-bond acceptors (Lipinski definition) is 3. The van der Waals surface area contributed by atoms with Gasteiger partial charge in [-0.2, -0.15) is 0 Å². The van der Waals surface area contributed by atoms with E-state index in [1.807, 2.05) is 13.8 Å². The number of aryl methyl sites for hydroxylation is 1. The third-order valence-electron chi connectivity index (χ3n) is 3.16. The lowest BCUT2D eigenvalue weighted by Crippen LogP contribution is -2.47. The average molecular weight is 250 g/mol. The molecule has 0 amide bonds. The quantitative estimate of drug-likeness (QED) is 0.890. The van der Waals surface area contributed by atoms with Crippen LogP contribution in [0.4, 0.5) is 5.69 Å². The van der Waals surface area contributed by atoms with Gasteiger partial charge in [-0.3, -0.25) is 4.90 Å². The second kappa shape index (κ2) is 8.11. The molecule has 0 saturated carbocycles. The Hall–Kier alpha value is -1.06.